The van der Waals surface area contributed by atoms with E-state index in [0.29, 0.717) is 19.4 Å². The molecule has 2 aliphatic rings. The summed E-state index contributed by atoms with van der Waals surface area (Å²) < 4.78 is 5.27. The fourth-order valence-corrected chi connectivity index (χ4v) is 3.02. The van der Waals surface area contributed by atoms with Gasteiger partial charge in [-0.15, -0.1) is 0 Å². The van der Waals surface area contributed by atoms with E-state index in [2.05, 4.69) is 4.90 Å². The van der Waals surface area contributed by atoms with Crippen LogP contribution in [0.5, 0.6) is 0 Å². The van der Waals surface area contributed by atoms with E-state index >= 15 is 0 Å². The zero-order valence-electron chi connectivity index (χ0n) is 8.61. The first-order chi connectivity index (χ1) is 6.82. The normalized spacial score (nSPS) is 37.7. The number of nitrogens with two attached hydrogens (primary N) is 1. The third-order valence-corrected chi connectivity index (χ3v) is 3.76. The molecule has 2 saturated heterocycles. The van der Waals surface area contributed by atoms with E-state index in [4.69, 9.17) is 10.5 Å². The van der Waals surface area contributed by atoms with Crippen LogP contribution >= 0.6 is 0 Å². The SMILES string of the molecule is NCOCC1CCC2(CO)CCCN12. The van der Waals surface area contributed by atoms with Crippen LogP contribution in [0.3, 0.4) is 0 Å². The van der Waals surface area contributed by atoms with Gasteiger partial charge in [0.15, 0.2) is 0 Å². The van der Waals surface area contributed by atoms with Gasteiger partial charge in [-0.1, -0.05) is 0 Å². The van der Waals surface area contributed by atoms with E-state index in [-0.39, 0.29) is 5.54 Å². The lowest BCUT2D eigenvalue weighted by Gasteiger charge is -2.33. The highest BCUT2D eigenvalue weighted by Gasteiger charge is 2.48. The van der Waals surface area contributed by atoms with Gasteiger partial charge in [-0.3, -0.25) is 4.90 Å². The number of hydrogen-bond acceptors (Lipinski definition) is 4. The zero-order chi connectivity index (χ0) is 10.0. The summed E-state index contributed by atoms with van der Waals surface area (Å²) in [6.07, 6.45) is 4.60. The van der Waals surface area contributed by atoms with Gasteiger partial charge in [-0.2, -0.15) is 0 Å². The molecule has 3 N–H and O–H groups in total. The first kappa shape index (κ1) is 10.4. The maximum Gasteiger partial charge on any atom is 0.0941 e. The minimum atomic E-state index is 0.0859. The number of fused-ring (bicyclic) bond motifs is 1. The Morgan fingerprint density at radius 1 is 1.50 bits per heavy atom. The molecule has 2 fully saturated rings. The number of aliphatic hydroxyl groups excluding tert-OH is 1. The molecular weight excluding hydrogens is 180 g/mol. The third-order valence-electron chi connectivity index (χ3n) is 3.76. The molecule has 2 unspecified atom stereocenters. The van der Waals surface area contributed by atoms with Crippen molar-refractivity contribution in [2.45, 2.75) is 37.3 Å². The van der Waals surface area contributed by atoms with Crippen molar-refractivity contribution in [1.82, 2.24) is 4.90 Å². The Morgan fingerprint density at radius 3 is 3.07 bits per heavy atom. The summed E-state index contributed by atoms with van der Waals surface area (Å²) in [5.41, 5.74) is 5.41. The molecule has 4 nitrogen and oxygen atoms in total. The number of nitrogens with zero attached hydrogens (tertiary/aromatic N) is 1. The van der Waals surface area contributed by atoms with E-state index < -0.39 is 0 Å². The van der Waals surface area contributed by atoms with Gasteiger partial charge in [-0.05, 0) is 32.2 Å². The van der Waals surface area contributed by atoms with Crippen molar-refractivity contribution in [3.05, 3.63) is 0 Å². The number of rotatable bonds is 4. The monoisotopic (exact) mass is 200 g/mol. The molecule has 2 rings (SSSR count). The Bertz CT molecular complexity index is 199. The van der Waals surface area contributed by atoms with Gasteiger partial charge in [0.2, 0.25) is 0 Å². The molecule has 4 heteroatoms. The van der Waals surface area contributed by atoms with Crippen LogP contribution in [-0.2, 0) is 4.74 Å². The molecule has 0 aromatic carbocycles. The lowest BCUT2D eigenvalue weighted by molar-refractivity contribution is 0.0348. The van der Waals surface area contributed by atoms with Gasteiger partial charge >= 0.3 is 0 Å². The van der Waals surface area contributed by atoms with Crippen molar-refractivity contribution < 1.29 is 9.84 Å². The third kappa shape index (κ3) is 1.56. The molecule has 0 bridgehead atoms. The van der Waals surface area contributed by atoms with Crippen LogP contribution in [0.4, 0.5) is 0 Å². The molecule has 0 spiro atoms. The van der Waals surface area contributed by atoms with E-state index in [0.717, 1.165) is 32.4 Å². The second-order valence-electron chi connectivity index (χ2n) is 4.41. The number of ether oxygens (including phenoxy) is 1. The van der Waals surface area contributed by atoms with Crippen LogP contribution in [0.15, 0.2) is 0 Å². The molecule has 2 aliphatic heterocycles. The highest BCUT2D eigenvalue weighted by atomic mass is 16.5. The average molecular weight is 200 g/mol. The summed E-state index contributed by atoms with van der Waals surface area (Å²) >= 11 is 0. The van der Waals surface area contributed by atoms with Crippen molar-refractivity contribution in [1.29, 1.82) is 0 Å². The molecule has 0 saturated carbocycles. The second-order valence-corrected chi connectivity index (χ2v) is 4.41. The topological polar surface area (TPSA) is 58.7 Å². The van der Waals surface area contributed by atoms with Crippen LogP contribution in [-0.4, -0.2) is 48.1 Å². The number of aliphatic hydroxyl groups is 1. The van der Waals surface area contributed by atoms with Crippen LogP contribution in [0.1, 0.15) is 25.7 Å². The second kappa shape index (κ2) is 4.14. The van der Waals surface area contributed by atoms with E-state index in [1.54, 1.807) is 0 Å². The molecule has 2 heterocycles. The Balaban J connectivity index is 1.97. The predicted octanol–water partition coefficient (Wildman–Crippen LogP) is -0.0915. The Hall–Kier alpha value is -0.160. The highest BCUT2D eigenvalue weighted by Crippen LogP contribution is 2.41. The van der Waals surface area contributed by atoms with Crippen LogP contribution < -0.4 is 5.73 Å². The summed E-state index contributed by atoms with van der Waals surface area (Å²) in [5, 5.41) is 9.46. The van der Waals surface area contributed by atoms with Gasteiger partial charge in [0.1, 0.15) is 0 Å². The van der Waals surface area contributed by atoms with Gasteiger partial charge in [0.05, 0.1) is 19.9 Å². The molecule has 0 aromatic heterocycles. The van der Waals surface area contributed by atoms with Crippen molar-refractivity contribution in [3.63, 3.8) is 0 Å². The summed E-state index contributed by atoms with van der Waals surface area (Å²) in [6, 6.07) is 0.480. The van der Waals surface area contributed by atoms with Gasteiger partial charge < -0.3 is 15.6 Å². The Morgan fingerprint density at radius 2 is 2.36 bits per heavy atom. The van der Waals surface area contributed by atoms with Crippen LogP contribution in [0, 0.1) is 0 Å². The highest BCUT2D eigenvalue weighted by molar-refractivity contribution is 5.03. The summed E-state index contributed by atoms with van der Waals surface area (Å²) in [4.78, 5) is 2.43. The molecule has 2 atom stereocenters. The van der Waals surface area contributed by atoms with Gasteiger partial charge in [0, 0.05) is 11.6 Å². The standard InChI is InChI=1S/C10H20N2O2/c11-8-14-6-9-2-4-10(7-13)3-1-5-12(9)10/h9,13H,1-8,11H2. The van der Waals surface area contributed by atoms with Crippen molar-refractivity contribution in [2.75, 3.05) is 26.5 Å². The zero-order valence-corrected chi connectivity index (χ0v) is 8.61. The molecule has 0 radical (unpaired) electrons. The Kier molecular flexibility index (Phi) is 3.07. The molecule has 0 aromatic rings. The van der Waals surface area contributed by atoms with Crippen molar-refractivity contribution >= 4 is 0 Å². The van der Waals surface area contributed by atoms with Gasteiger partial charge in [-0.25, -0.2) is 0 Å². The maximum atomic E-state index is 9.46. The lowest BCUT2D eigenvalue weighted by Crippen LogP contribution is -2.46. The van der Waals surface area contributed by atoms with E-state index in [1.807, 2.05) is 0 Å². The Labute approximate surface area is 85.0 Å². The maximum absolute atomic E-state index is 9.46. The van der Waals surface area contributed by atoms with Crippen molar-refractivity contribution in [3.8, 4) is 0 Å². The minimum Gasteiger partial charge on any atom is -0.394 e. The molecule has 0 aliphatic carbocycles. The van der Waals surface area contributed by atoms with Crippen LogP contribution in [0.25, 0.3) is 0 Å². The largest absolute Gasteiger partial charge is 0.394 e. The molecule has 0 amide bonds. The van der Waals surface area contributed by atoms with Crippen LogP contribution in [0.2, 0.25) is 0 Å². The smallest absolute Gasteiger partial charge is 0.0941 e. The predicted molar refractivity (Wildman–Crippen MR) is 53.8 cm³/mol. The van der Waals surface area contributed by atoms with Crippen molar-refractivity contribution in [2.24, 2.45) is 5.73 Å². The first-order valence-electron chi connectivity index (χ1n) is 5.48. The summed E-state index contributed by atoms with van der Waals surface area (Å²) in [7, 11) is 0. The molecular formula is C10H20N2O2. The number of hydrogen-bond donors (Lipinski definition) is 2. The minimum absolute atomic E-state index is 0.0859. The molecule has 14 heavy (non-hydrogen) atoms. The summed E-state index contributed by atoms with van der Waals surface area (Å²) in [5.74, 6) is 0. The van der Waals surface area contributed by atoms with E-state index in [1.165, 1.54) is 6.42 Å². The van der Waals surface area contributed by atoms with E-state index in [9.17, 15) is 5.11 Å². The average Bonchev–Trinajstić information content (AvgIpc) is 2.74. The first-order valence-corrected chi connectivity index (χ1v) is 5.48. The quantitative estimate of drug-likeness (QED) is 0.623. The summed E-state index contributed by atoms with van der Waals surface area (Å²) in [6.45, 7) is 2.43. The molecule has 82 valence electrons. The fourth-order valence-electron chi connectivity index (χ4n) is 3.02. The van der Waals surface area contributed by atoms with Gasteiger partial charge in [0.25, 0.3) is 0 Å². The fraction of sp³-hybridized carbons (Fsp3) is 1.00. The lowest BCUT2D eigenvalue weighted by atomic mass is 9.95.